The Morgan fingerprint density at radius 2 is 1.96 bits per heavy atom. The van der Waals surface area contributed by atoms with Gasteiger partial charge in [0.05, 0.1) is 25.2 Å². The van der Waals surface area contributed by atoms with Crippen molar-refractivity contribution >= 4 is 11.8 Å². The van der Waals surface area contributed by atoms with Gasteiger partial charge in [0.25, 0.3) is 0 Å². The van der Waals surface area contributed by atoms with Gasteiger partial charge in [-0.3, -0.25) is 14.6 Å². The summed E-state index contributed by atoms with van der Waals surface area (Å²) in [6, 6.07) is 11.3. The second kappa shape index (κ2) is 7.45. The summed E-state index contributed by atoms with van der Waals surface area (Å²) < 4.78 is 0. The monoisotopic (exact) mass is 375 g/mol. The number of aliphatic hydroxyl groups excluding tert-OH is 1. The Hall–Kier alpha value is -3.17. The molecule has 0 aliphatic carbocycles. The lowest BCUT2D eigenvalue weighted by Gasteiger charge is -2.58. The Kier molecular flexibility index (Phi) is 4.84. The van der Waals surface area contributed by atoms with Crippen molar-refractivity contribution in [2.75, 3.05) is 19.7 Å². The average molecular weight is 375 g/mol. The van der Waals surface area contributed by atoms with Gasteiger partial charge in [0, 0.05) is 42.9 Å². The molecule has 2 saturated heterocycles. The molecular weight excluding hydrogens is 354 g/mol. The third-order valence-corrected chi connectivity index (χ3v) is 5.51. The lowest BCUT2D eigenvalue weighted by Crippen LogP contribution is -2.73. The summed E-state index contributed by atoms with van der Waals surface area (Å²) in [5, 5.41) is 9.81. The van der Waals surface area contributed by atoms with Gasteiger partial charge in [-0.05, 0) is 29.8 Å². The zero-order valence-electron chi connectivity index (χ0n) is 15.6. The second-order valence-electron chi connectivity index (χ2n) is 7.16. The Morgan fingerprint density at radius 1 is 1.21 bits per heavy atom. The Balaban J connectivity index is 1.54. The molecule has 3 heterocycles. The van der Waals surface area contributed by atoms with Gasteiger partial charge in [-0.25, -0.2) is 0 Å². The number of hydrogen-bond acceptors (Lipinski definition) is 4. The van der Waals surface area contributed by atoms with Gasteiger partial charge in [0.2, 0.25) is 11.8 Å². The number of hydrogen-bond donors (Lipinski definition) is 1. The minimum atomic E-state index is -0.237. The highest BCUT2D eigenvalue weighted by Crippen LogP contribution is 2.42. The fourth-order valence-corrected chi connectivity index (χ4v) is 4.11. The van der Waals surface area contributed by atoms with Crippen LogP contribution in [0.4, 0.5) is 0 Å². The smallest absolute Gasteiger partial charge is 0.242 e. The Labute approximate surface area is 163 Å². The summed E-state index contributed by atoms with van der Waals surface area (Å²) in [4.78, 5) is 31.5. The first-order valence-electron chi connectivity index (χ1n) is 9.28. The van der Waals surface area contributed by atoms with Crippen LogP contribution in [0.15, 0.2) is 48.8 Å². The molecule has 2 aliphatic rings. The molecule has 142 valence electrons. The fourth-order valence-electron chi connectivity index (χ4n) is 4.11. The summed E-state index contributed by atoms with van der Waals surface area (Å²) >= 11 is 0. The molecular formula is C22H21N3O3. The molecule has 6 heteroatoms. The van der Waals surface area contributed by atoms with Gasteiger partial charge < -0.3 is 14.9 Å². The highest BCUT2D eigenvalue weighted by molar-refractivity contribution is 5.87. The number of piperazine rings is 1. The van der Waals surface area contributed by atoms with Crippen LogP contribution in [0.1, 0.15) is 29.5 Å². The zero-order chi connectivity index (χ0) is 19.7. The van der Waals surface area contributed by atoms with Gasteiger partial charge in [-0.1, -0.05) is 24.0 Å². The molecule has 0 unspecified atom stereocenters. The standard InChI is InChI=1S/C22H21N3O3/c1-15(27)24-12-19-22(20(14-26)25(19)21(28)13-24)18-8-6-16(7-9-18)4-5-17-3-2-10-23-11-17/h2-3,6-11,19-20,22,26H,12-14H2,1H3/t19-,20-,22-/m1/s1. The third-order valence-electron chi connectivity index (χ3n) is 5.51. The molecule has 2 amide bonds. The number of amides is 2. The second-order valence-corrected chi connectivity index (χ2v) is 7.16. The first kappa shape index (κ1) is 18.2. The van der Waals surface area contributed by atoms with E-state index in [1.165, 1.54) is 6.92 Å². The van der Waals surface area contributed by atoms with E-state index >= 15 is 0 Å². The summed E-state index contributed by atoms with van der Waals surface area (Å²) in [6.45, 7) is 1.99. The van der Waals surface area contributed by atoms with E-state index in [0.29, 0.717) is 6.54 Å². The van der Waals surface area contributed by atoms with Crippen molar-refractivity contribution in [2.24, 2.45) is 0 Å². The van der Waals surface area contributed by atoms with Crippen molar-refractivity contribution in [3.63, 3.8) is 0 Å². The number of fused-ring (bicyclic) bond motifs is 1. The van der Waals surface area contributed by atoms with E-state index in [-0.39, 0.29) is 43.0 Å². The maximum absolute atomic E-state index is 12.4. The molecule has 0 saturated carbocycles. The number of aliphatic hydroxyl groups is 1. The maximum atomic E-state index is 12.4. The van der Waals surface area contributed by atoms with Crippen molar-refractivity contribution in [3.8, 4) is 11.8 Å². The predicted octanol–water partition coefficient (Wildman–Crippen LogP) is 0.999. The normalized spacial score (nSPS) is 23.4. The molecule has 4 rings (SSSR count). The number of carbonyl (C=O) groups is 2. The van der Waals surface area contributed by atoms with Crippen LogP contribution in [-0.4, -0.2) is 63.5 Å². The Morgan fingerprint density at radius 3 is 2.61 bits per heavy atom. The van der Waals surface area contributed by atoms with E-state index in [4.69, 9.17) is 0 Å². The molecule has 1 N–H and O–H groups in total. The number of nitrogens with zero attached hydrogens (tertiary/aromatic N) is 3. The molecule has 2 aliphatic heterocycles. The molecule has 0 radical (unpaired) electrons. The van der Waals surface area contributed by atoms with Crippen LogP contribution >= 0.6 is 0 Å². The van der Waals surface area contributed by atoms with Gasteiger partial charge in [-0.15, -0.1) is 0 Å². The number of rotatable bonds is 2. The van der Waals surface area contributed by atoms with Crippen LogP contribution in [0.5, 0.6) is 0 Å². The van der Waals surface area contributed by atoms with Crippen molar-refractivity contribution in [1.29, 1.82) is 0 Å². The highest BCUT2D eigenvalue weighted by Gasteiger charge is 2.54. The molecule has 0 bridgehead atoms. The van der Waals surface area contributed by atoms with Crippen molar-refractivity contribution < 1.29 is 14.7 Å². The zero-order valence-corrected chi connectivity index (χ0v) is 15.6. The quantitative estimate of drug-likeness (QED) is 0.795. The largest absolute Gasteiger partial charge is 0.394 e. The predicted molar refractivity (Wildman–Crippen MR) is 103 cm³/mol. The highest BCUT2D eigenvalue weighted by atomic mass is 16.3. The van der Waals surface area contributed by atoms with E-state index in [2.05, 4.69) is 16.8 Å². The summed E-state index contributed by atoms with van der Waals surface area (Å²) in [5.74, 6) is 6.01. The van der Waals surface area contributed by atoms with Gasteiger partial charge in [0.1, 0.15) is 0 Å². The molecule has 0 spiro atoms. The van der Waals surface area contributed by atoms with Crippen molar-refractivity contribution in [2.45, 2.75) is 24.9 Å². The molecule has 28 heavy (non-hydrogen) atoms. The lowest BCUT2D eigenvalue weighted by atomic mass is 9.73. The minimum absolute atomic E-state index is 0.0106. The SMILES string of the molecule is CC(=O)N1CC(=O)N2[C@H](CO)[C@H](c3ccc(C#Cc4cccnc4)cc3)[C@H]2C1. The fraction of sp³-hybridized carbons (Fsp3) is 0.318. The molecule has 3 atom stereocenters. The summed E-state index contributed by atoms with van der Waals surface area (Å²) in [6.07, 6.45) is 3.43. The topological polar surface area (TPSA) is 73.7 Å². The van der Waals surface area contributed by atoms with E-state index in [1.54, 1.807) is 22.2 Å². The van der Waals surface area contributed by atoms with E-state index in [9.17, 15) is 14.7 Å². The van der Waals surface area contributed by atoms with Crippen LogP contribution in [0.3, 0.4) is 0 Å². The molecule has 6 nitrogen and oxygen atoms in total. The third kappa shape index (κ3) is 3.25. The van der Waals surface area contributed by atoms with Crippen molar-refractivity contribution in [3.05, 3.63) is 65.5 Å². The number of benzene rings is 1. The molecule has 2 fully saturated rings. The van der Waals surface area contributed by atoms with Crippen molar-refractivity contribution in [1.82, 2.24) is 14.8 Å². The lowest BCUT2D eigenvalue weighted by molar-refractivity contribution is -0.166. The van der Waals surface area contributed by atoms with Crippen LogP contribution in [-0.2, 0) is 9.59 Å². The molecule has 1 aromatic heterocycles. The van der Waals surface area contributed by atoms with E-state index in [1.807, 2.05) is 36.4 Å². The number of aromatic nitrogens is 1. The maximum Gasteiger partial charge on any atom is 0.242 e. The number of carbonyl (C=O) groups excluding carboxylic acids is 2. The molecule has 1 aromatic carbocycles. The van der Waals surface area contributed by atoms with Crippen LogP contribution in [0.25, 0.3) is 0 Å². The van der Waals surface area contributed by atoms with Gasteiger partial charge >= 0.3 is 0 Å². The number of pyridine rings is 1. The summed E-state index contributed by atoms with van der Waals surface area (Å²) in [5.41, 5.74) is 2.78. The average Bonchev–Trinajstić information content (AvgIpc) is 2.69. The summed E-state index contributed by atoms with van der Waals surface area (Å²) in [7, 11) is 0. The van der Waals surface area contributed by atoms with E-state index < -0.39 is 0 Å². The van der Waals surface area contributed by atoms with Crippen LogP contribution < -0.4 is 0 Å². The molecule has 2 aromatic rings. The first-order chi connectivity index (χ1) is 13.6. The van der Waals surface area contributed by atoms with Gasteiger partial charge in [-0.2, -0.15) is 0 Å². The first-order valence-corrected chi connectivity index (χ1v) is 9.28. The van der Waals surface area contributed by atoms with Crippen LogP contribution in [0, 0.1) is 11.8 Å². The van der Waals surface area contributed by atoms with Crippen LogP contribution in [0.2, 0.25) is 0 Å². The Bertz CT molecular complexity index is 946. The van der Waals surface area contributed by atoms with Gasteiger partial charge in [0.15, 0.2) is 0 Å². The minimum Gasteiger partial charge on any atom is -0.394 e. The van der Waals surface area contributed by atoms with E-state index in [0.717, 1.165) is 16.7 Å².